The Balaban J connectivity index is 2.31. The highest BCUT2D eigenvalue weighted by molar-refractivity contribution is 7.90. The van der Waals surface area contributed by atoms with E-state index in [1.165, 1.54) is 6.26 Å². The van der Waals surface area contributed by atoms with E-state index in [4.69, 9.17) is 4.74 Å². The molecular weight excluding hydrogens is 228 g/mol. The van der Waals surface area contributed by atoms with Crippen molar-refractivity contribution in [2.24, 2.45) is 0 Å². The van der Waals surface area contributed by atoms with E-state index in [0.29, 0.717) is 12.9 Å². The molecule has 0 heterocycles. The van der Waals surface area contributed by atoms with Crippen molar-refractivity contribution in [1.82, 2.24) is 0 Å². The van der Waals surface area contributed by atoms with E-state index in [1.807, 2.05) is 0 Å². The molecule has 0 N–H and O–H groups in total. The number of hydrogen-bond donors (Lipinski definition) is 0. The SMILES string of the molecule is CS(=O)(=O)CCCCC1(OC=O)CCCC1. The van der Waals surface area contributed by atoms with Gasteiger partial charge in [0.15, 0.2) is 0 Å². The van der Waals surface area contributed by atoms with E-state index in [1.54, 1.807) is 0 Å². The number of carbonyl (C=O) groups excluding carboxylic acids is 1. The molecule has 0 aromatic carbocycles. The Morgan fingerprint density at radius 2 is 1.88 bits per heavy atom. The minimum atomic E-state index is -2.86. The van der Waals surface area contributed by atoms with Crippen molar-refractivity contribution in [3.05, 3.63) is 0 Å². The second kappa shape index (κ2) is 5.66. The predicted molar refractivity (Wildman–Crippen MR) is 61.9 cm³/mol. The van der Waals surface area contributed by atoms with Crippen LogP contribution in [0.5, 0.6) is 0 Å². The Hall–Kier alpha value is -0.580. The van der Waals surface area contributed by atoms with E-state index in [9.17, 15) is 13.2 Å². The van der Waals surface area contributed by atoms with E-state index >= 15 is 0 Å². The molecule has 5 heteroatoms. The number of rotatable bonds is 7. The molecule has 1 aliphatic carbocycles. The maximum absolute atomic E-state index is 10.9. The molecule has 0 radical (unpaired) electrons. The molecule has 0 bridgehead atoms. The number of hydrogen-bond acceptors (Lipinski definition) is 4. The average Bonchev–Trinajstić information content (AvgIpc) is 2.61. The molecule has 1 saturated carbocycles. The summed E-state index contributed by atoms with van der Waals surface area (Å²) in [5, 5.41) is 0. The maximum Gasteiger partial charge on any atom is 0.293 e. The normalized spacial score (nSPS) is 19.6. The molecule has 1 fully saturated rings. The summed E-state index contributed by atoms with van der Waals surface area (Å²) in [6.07, 6.45) is 7.54. The lowest BCUT2D eigenvalue weighted by Gasteiger charge is -2.26. The van der Waals surface area contributed by atoms with Crippen LogP contribution in [0, 0.1) is 0 Å². The predicted octanol–water partition coefficient (Wildman–Crippen LogP) is 1.69. The first-order valence-electron chi connectivity index (χ1n) is 5.77. The molecule has 0 spiro atoms. The van der Waals surface area contributed by atoms with Crippen LogP contribution in [0.2, 0.25) is 0 Å². The Morgan fingerprint density at radius 3 is 2.38 bits per heavy atom. The highest BCUT2D eigenvalue weighted by Gasteiger charge is 2.34. The van der Waals surface area contributed by atoms with Gasteiger partial charge in [-0.05, 0) is 44.9 Å². The number of ether oxygens (including phenoxy) is 1. The van der Waals surface area contributed by atoms with Crippen LogP contribution in [0.3, 0.4) is 0 Å². The van der Waals surface area contributed by atoms with Gasteiger partial charge in [0.05, 0.1) is 0 Å². The molecule has 0 aromatic rings. The average molecular weight is 248 g/mol. The third-order valence-electron chi connectivity index (χ3n) is 3.21. The van der Waals surface area contributed by atoms with Gasteiger partial charge in [-0.25, -0.2) is 8.42 Å². The number of carbonyl (C=O) groups is 1. The lowest BCUT2D eigenvalue weighted by molar-refractivity contribution is -0.143. The molecule has 0 aromatic heterocycles. The zero-order chi connectivity index (χ0) is 12.1. The smallest absolute Gasteiger partial charge is 0.293 e. The van der Waals surface area contributed by atoms with E-state index in [0.717, 1.165) is 38.5 Å². The van der Waals surface area contributed by atoms with Crippen molar-refractivity contribution in [2.75, 3.05) is 12.0 Å². The first-order valence-corrected chi connectivity index (χ1v) is 7.83. The molecule has 0 amide bonds. The van der Waals surface area contributed by atoms with Crippen molar-refractivity contribution in [1.29, 1.82) is 0 Å². The van der Waals surface area contributed by atoms with Crippen LogP contribution >= 0.6 is 0 Å². The van der Waals surface area contributed by atoms with Gasteiger partial charge in [-0.15, -0.1) is 0 Å². The van der Waals surface area contributed by atoms with Crippen molar-refractivity contribution in [3.63, 3.8) is 0 Å². The van der Waals surface area contributed by atoms with Crippen LogP contribution in [0.15, 0.2) is 0 Å². The summed E-state index contributed by atoms with van der Waals surface area (Å²) in [6, 6.07) is 0. The monoisotopic (exact) mass is 248 g/mol. The fourth-order valence-corrected chi connectivity index (χ4v) is 3.09. The van der Waals surface area contributed by atoms with Gasteiger partial charge in [-0.2, -0.15) is 0 Å². The van der Waals surface area contributed by atoms with Crippen molar-refractivity contribution in [2.45, 2.75) is 50.5 Å². The van der Waals surface area contributed by atoms with Gasteiger partial charge < -0.3 is 4.74 Å². The fourth-order valence-electron chi connectivity index (χ4n) is 2.36. The summed E-state index contributed by atoms with van der Waals surface area (Å²) in [5.41, 5.74) is -0.292. The zero-order valence-corrected chi connectivity index (χ0v) is 10.6. The minimum Gasteiger partial charge on any atom is -0.461 e. The summed E-state index contributed by atoms with van der Waals surface area (Å²) in [6.45, 7) is 0.530. The fraction of sp³-hybridized carbons (Fsp3) is 0.909. The molecule has 94 valence electrons. The molecule has 16 heavy (non-hydrogen) atoms. The van der Waals surface area contributed by atoms with E-state index in [2.05, 4.69) is 0 Å². The first kappa shape index (κ1) is 13.5. The maximum atomic E-state index is 10.9. The van der Waals surface area contributed by atoms with E-state index in [-0.39, 0.29) is 11.4 Å². The largest absolute Gasteiger partial charge is 0.461 e. The Morgan fingerprint density at radius 1 is 1.25 bits per heavy atom. The Bertz CT molecular complexity index is 315. The van der Waals surface area contributed by atoms with Crippen LogP contribution in [0.4, 0.5) is 0 Å². The summed E-state index contributed by atoms with van der Waals surface area (Å²) in [7, 11) is -2.86. The molecule has 0 aliphatic heterocycles. The Kier molecular flexibility index (Phi) is 4.77. The van der Waals surface area contributed by atoms with E-state index < -0.39 is 9.84 Å². The van der Waals surface area contributed by atoms with Crippen LogP contribution in [-0.2, 0) is 19.4 Å². The van der Waals surface area contributed by atoms with Gasteiger partial charge in [0, 0.05) is 12.0 Å². The summed E-state index contributed by atoms with van der Waals surface area (Å²) in [5.74, 6) is 0.226. The third-order valence-corrected chi connectivity index (χ3v) is 4.24. The van der Waals surface area contributed by atoms with Crippen molar-refractivity contribution >= 4 is 16.3 Å². The molecule has 4 nitrogen and oxygen atoms in total. The lowest BCUT2D eigenvalue weighted by Crippen LogP contribution is -2.28. The number of sulfone groups is 1. The second-order valence-corrected chi connectivity index (χ2v) is 6.95. The zero-order valence-electron chi connectivity index (χ0n) is 9.78. The lowest BCUT2D eigenvalue weighted by atomic mass is 9.95. The summed E-state index contributed by atoms with van der Waals surface area (Å²) in [4.78, 5) is 10.4. The standard InChI is InChI=1S/C11H20O4S/c1-16(13,14)9-5-4-8-11(15-10-12)6-2-3-7-11/h10H,2-9H2,1H3. The molecule has 1 aliphatic rings. The van der Waals surface area contributed by atoms with Crippen molar-refractivity contribution in [3.8, 4) is 0 Å². The van der Waals surface area contributed by atoms with Crippen LogP contribution in [-0.4, -0.2) is 32.5 Å². The van der Waals surface area contributed by atoms with Crippen LogP contribution in [0.25, 0.3) is 0 Å². The van der Waals surface area contributed by atoms with Gasteiger partial charge in [0.25, 0.3) is 6.47 Å². The summed E-state index contributed by atoms with van der Waals surface area (Å²) >= 11 is 0. The highest BCUT2D eigenvalue weighted by Crippen LogP contribution is 2.36. The minimum absolute atomic E-state index is 0.226. The third kappa shape index (κ3) is 4.51. The van der Waals surface area contributed by atoms with Gasteiger partial charge in [0.1, 0.15) is 15.4 Å². The van der Waals surface area contributed by atoms with Gasteiger partial charge in [-0.1, -0.05) is 0 Å². The van der Waals surface area contributed by atoms with Crippen molar-refractivity contribution < 1.29 is 17.9 Å². The molecule has 0 saturated heterocycles. The highest BCUT2D eigenvalue weighted by atomic mass is 32.2. The molecular formula is C11H20O4S. The topological polar surface area (TPSA) is 60.4 Å². The molecule has 0 unspecified atom stereocenters. The van der Waals surface area contributed by atoms with Gasteiger partial charge in [-0.3, -0.25) is 4.79 Å². The van der Waals surface area contributed by atoms with Crippen LogP contribution < -0.4 is 0 Å². The van der Waals surface area contributed by atoms with Gasteiger partial charge >= 0.3 is 0 Å². The second-order valence-electron chi connectivity index (χ2n) is 4.69. The number of unbranched alkanes of at least 4 members (excludes halogenated alkanes) is 1. The summed E-state index contributed by atoms with van der Waals surface area (Å²) < 4.78 is 27.1. The first-order chi connectivity index (χ1) is 7.47. The molecule has 0 atom stereocenters. The quantitative estimate of drug-likeness (QED) is 0.508. The molecule has 1 rings (SSSR count). The van der Waals surface area contributed by atoms with Crippen LogP contribution in [0.1, 0.15) is 44.9 Å². The Labute approximate surface area is 97.3 Å². The van der Waals surface area contributed by atoms with Gasteiger partial charge in [0.2, 0.25) is 0 Å².